The highest BCUT2D eigenvalue weighted by atomic mass is 32.2. The minimum atomic E-state index is -0.483. The standard InChI is InChI=1S/C18H14N4O2S2/c23-16(10-25-18-21-14-7-3-4-8-15(14)26-18)22-19-9-12-11-5-1-2-6-13(11)20-17(12)24/h1-9,12H,10H2,(H,20,24)(H,22,23)/b19-9-. The molecule has 4 rings (SSSR count). The Morgan fingerprint density at radius 3 is 2.96 bits per heavy atom. The van der Waals surface area contributed by atoms with Crippen molar-refractivity contribution in [3.8, 4) is 0 Å². The summed E-state index contributed by atoms with van der Waals surface area (Å²) in [4.78, 5) is 28.4. The van der Waals surface area contributed by atoms with Crippen molar-refractivity contribution in [2.24, 2.45) is 5.10 Å². The van der Waals surface area contributed by atoms with Gasteiger partial charge in [-0.2, -0.15) is 5.10 Å². The number of nitrogens with zero attached hydrogens (tertiary/aromatic N) is 2. The van der Waals surface area contributed by atoms with Gasteiger partial charge in [0.25, 0.3) is 0 Å². The first-order valence-electron chi connectivity index (χ1n) is 7.91. The molecule has 0 radical (unpaired) electrons. The fourth-order valence-corrected chi connectivity index (χ4v) is 4.50. The van der Waals surface area contributed by atoms with Crippen molar-refractivity contribution in [2.45, 2.75) is 10.3 Å². The van der Waals surface area contributed by atoms with Crippen LogP contribution in [0, 0.1) is 0 Å². The lowest BCUT2D eigenvalue weighted by Crippen LogP contribution is -2.21. The topological polar surface area (TPSA) is 83.5 Å². The molecule has 1 aromatic heterocycles. The molecule has 2 N–H and O–H groups in total. The third-order valence-corrected chi connectivity index (χ3v) is 6.03. The van der Waals surface area contributed by atoms with E-state index in [0.717, 1.165) is 25.8 Å². The van der Waals surface area contributed by atoms with E-state index >= 15 is 0 Å². The van der Waals surface area contributed by atoms with Crippen LogP contribution in [0.3, 0.4) is 0 Å². The smallest absolute Gasteiger partial charge is 0.250 e. The van der Waals surface area contributed by atoms with E-state index in [1.165, 1.54) is 18.0 Å². The zero-order valence-electron chi connectivity index (χ0n) is 13.5. The summed E-state index contributed by atoms with van der Waals surface area (Å²) in [6.45, 7) is 0. The monoisotopic (exact) mass is 382 g/mol. The number of carbonyl (C=O) groups is 2. The van der Waals surface area contributed by atoms with Crippen LogP contribution >= 0.6 is 23.1 Å². The number of aromatic nitrogens is 1. The number of rotatable bonds is 5. The van der Waals surface area contributed by atoms with Crippen molar-refractivity contribution in [3.05, 3.63) is 54.1 Å². The third kappa shape index (κ3) is 3.47. The maximum atomic E-state index is 12.0. The molecule has 1 atom stereocenters. The van der Waals surface area contributed by atoms with Gasteiger partial charge in [0.05, 0.1) is 16.0 Å². The van der Waals surface area contributed by atoms with E-state index in [0.29, 0.717) is 0 Å². The molecule has 1 aliphatic heterocycles. The van der Waals surface area contributed by atoms with Gasteiger partial charge in [0, 0.05) is 11.9 Å². The summed E-state index contributed by atoms with van der Waals surface area (Å²) in [7, 11) is 0. The average Bonchev–Trinajstić information content (AvgIpc) is 3.20. The number of carbonyl (C=O) groups excluding carboxylic acids is 2. The van der Waals surface area contributed by atoms with E-state index in [1.807, 2.05) is 48.5 Å². The summed E-state index contributed by atoms with van der Waals surface area (Å²) in [6.07, 6.45) is 1.46. The molecule has 1 aliphatic rings. The average molecular weight is 382 g/mol. The normalized spacial score (nSPS) is 16.0. The van der Waals surface area contributed by atoms with Crippen molar-refractivity contribution in [1.29, 1.82) is 0 Å². The van der Waals surface area contributed by atoms with Crippen LogP contribution in [0.2, 0.25) is 0 Å². The zero-order chi connectivity index (χ0) is 17.9. The van der Waals surface area contributed by atoms with Gasteiger partial charge in [-0.1, -0.05) is 42.1 Å². The van der Waals surface area contributed by atoms with Crippen molar-refractivity contribution in [3.63, 3.8) is 0 Å². The predicted octanol–water partition coefficient (Wildman–Crippen LogP) is 3.23. The number of hydrazone groups is 1. The van der Waals surface area contributed by atoms with E-state index in [9.17, 15) is 9.59 Å². The van der Waals surface area contributed by atoms with Crippen LogP contribution in [0.15, 0.2) is 58.0 Å². The molecule has 8 heteroatoms. The molecule has 130 valence electrons. The Kier molecular flexibility index (Phi) is 4.68. The molecule has 0 spiro atoms. The van der Waals surface area contributed by atoms with Crippen LogP contribution in [0.4, 0.5) is 5.69 Å². The lowest BCUT2D eigenvalue weighted by atomic mass is 10.0. The summed E-state index contributed by atoms with van der Waals surface area (Å²) >= 11 is 2.92. The SMILES string of the molecule is O=C(CSc1nc2ccccc2s1)N/N=C\C1C(=O)Nc2ccccc21. The molecule has 26 heavy (non-hydrogen) atoms. The number of thiazole rings is 1. The summed E-state index contributed by atoms with van der Waals surface area (Å²) in [6, 6.07) is 15.3. The quantitative estimate of drug-likeness (QED) is 0.403. The number of anilines is 1. The van der Waals surface area contributed by atoms with Crippen molar-refractivity contribution in [2.75, 3.05) is 11.1 Å². The molecule has 0 fully saturated rings. The molecule has 2 aromatic carbocycles. The number of benzene rings is 2. The number of nitrogens with one attached hydrogen (secondary N) is 2. The molecule has 1 unspecified atom stereocenters. The Bertz CT molecular complexity index is 982. The number of thioether (sulfide) groups is 1. The van der Waals surface area contributed by atoms with Crippen molar-refractivity contribution >= 4 is 57.0 Å². The van der Waals surface area contributed by atoms with Gasteiger partial charge in [0.15, 0.2) is 4.34 Å². The summed E-state index contributed by atoms with van der Waals surface area (Å²) in [5.74, 6) is -0.654. The summed E-state index contributed by atoms with van der Waals surface area (Å²) < 4.78 is 1.94. The molecular formula is C18H14N4O2S2. The van der Waals surface area contributed by atoms with Gasteiger partial charge in [0.2, 0.25) is 11.8 Å². The molecule has 0 saturated carbocycles. The molecule has 6 nitrogen and oxygen atoms in total. The van der Waals surface area contributed by atoms with E-state index in [2.05, 4.69) is 20.8 Å². The van der Waals surface area contributed by atoms with Crippen LogP contribution in [0.1, 0.15) is 11.5 Å². The largest absolute Gasteiger partial charge is 0.325 e. The Morgan fingerprint density at radius 1 is 1.27 bits per heavy atom. The number of fused-ring (bicyclic) bond motifs is 2. The fourth-order valence-electron chi connectivity index (χ4n) is 2.64. The zero-order valence-corrected chi connectivity index (χ0v) is 15.1. The number of amides is 2. The Balaban J connectivity index is 1.32. The van der Waals surface area contributed by atoms with Gasteiger partial charge in [-0.25, -0.2) is 10.4 Å². The van der Waals surface area contributed by atoms with Crippen LogP contribution in [0.25, 0.3) is 10.2 Å². The van der Waals surface area contributed by atoms with Gasteiger partial charge in [-0.3, -0.25) is 9.59 Å². The van der Waals surface area contributed by atoms with E-state index < -0.39 is 5.92 Å². The van der Waals surface area contributed by atoms with Gasteiger partial charge in [0.1, 0.15) is 5.92 Å². The highest BCUT2D eigenvalue weighted by Crippen LogP contribution is 2.31. The minimum Gasteiger partial charge on any atom is -0.325 e. The lowest BCUT2D eigenvalue weighted by molar-refractivity contribution is -0.118. The summed E-state index contributed by atoms with van der Waals surface area (Å²) in [5, 5.41) is 6.73. The molecule has 0 saturated heterocycles. The molecular weight excluding hydrogens is 368 g/mol. The highest BCUT2D eigenvalue weighted by molar-refractivity contribution is 8.01. The number of hydrogen-bond acceptors (Lipinski definition) is 6. The first kappa shape index (κ1) is 16.7. The van der Waals surface area contributed by atoms with Crippen LogP contribution < -0.4 is 10.7 Å². The van der Waals surface area contributed by atoms with E-state index in [4.69, 9.17) is 0 Å². The highest BCUT2D eigenvalue weighted by Gasteiger charge is 2.28. The van der Waals surface area contributed by atoms with Crippen molar-refractivity contribution < 1.29 is 9.59 Å². The Morgan fingerprint density at radius 2 is 2.08 bits per heavy atom. The predicted molar refractivity (Wildman–Crippen MR) is 105 cm³/mol. The van der Waals surface area contributed by atoms with Gasteiger partial charge in [-0.15, -0.1) is 11.3 Å². The second-order valence-corrected chi connectivity index (χ2v) is 7.86. The van der Waals surface area contributed by atoms with E-state index in [-0.39, 0.29) is 17.6 Å². The first-order chi connectivity index (χ1) is 12.7. The van der Waals surface area contributed by atoms with Gasteiger partial charge in [-0.05, 0) is 23.8 Å². The molecule has 2 amide bonds. The summed E-state index contributed by atoms with van der Waals surface area (Å²) in [5.41, 5.74) is 5.05. The van der Waals surface area contributed by atoms with E-state index in [1.54, 1.807) is 11.3 Å². The Hall–Kier alpha value is -2.71. The van der Waals surface area contributed by atoms with Gasteiger partial charge >= 0.3 is 0 Å². The fraction of sp³-hybridized carbons (Fsp3) is 0.111. The molecule has 0 aliphatic carbocycles. The Labute approximate surface area is 157 Å². The maximum Gasteiger partial charge on any atom is 0.250 e. The van der Waals surface area contributed by atoms with Crippen molar-refractivity contribution in [1.82, 2.24) is 10.4 Å². The van der Waals surface area contributed by atoms with Crippen LogP contribution in [-0.4, -0.2) is 28.8 Å². The van der Waals surface area contributed by atoms with Crippen LogP contribution in [-0.2, 0) is 9.59 Å². The molecule has 0 bridgehead atoms. The second kappa shape index (κ2) is 7.27. The number of hydrogen-bond donors (Lipinski definition) is 2. The first-order valence-corrected chi connectivity index (χ1v) is 9.71. The molecule has 2 heterocycles. The lowest BCUT2D eigenvalue weighted by Gasteiger charge is -2.02. The maximum absolute atomic E-state index is 12.0. The second-order valence-electron chi connectivity index (χ2n) is 5.60. The number of para-hydroxylation sites is 2. The minimum absolute atomic E-state index is 0.145. The molecule has 3 aromatic rings. The third-order valence-electron chi connectivity index (χ3n) is 3.85. The van der Waals surface area contributed by atoms with Gasteiger partial charge < -0.3 is 5.32 Å². The van der Waals surface area contributed by atoms with Crippen LogP contribution in [0.5, 0.6) is 0 Å².